The van der Waals surface area contributed by atoms with E-state index >= 15 is 0 Å². The molecule has 0 radical (unpaired) electrons. The topological polar surface area (TPSA) is 12.9 Å². The van der Waals surface area contributed by atoms with Crippen LogP contribution in [0.1, 0.15) is 55.3 Å². The lowest BCUT2D eigenvalue weighted by Crippen LogP contribution is -2.11. The van der Waals surface area contributed by atoms with Crippen molar-refractivity contribution in [3.8, 4) is 0 Å². The molecular weight excluding hydrogens is 238 g/mol. The Morgan fingerprint density at radius 1 is 1.00 bits per heavy atom. The third-order valence-corrected chi connectivity index (χ3v) is 3.81. The van der Waals surface area contributed by atoms with E-state index < -0.39 is 0 Å². The number of hydrogen-bond acceptors (Lipinski definition) is 1. The SMILES string of the molecule is Brc1cc(C2CCC2)nc(C2CC2)c1. The first-order valence-electron chi connectivity index (χ1n) is 5.50. The average molecular weight is 252 g/mol. The van der Waals surface area contributed by atoms with Gasteiger partial charge in [-0.3, -0.25) is 4.98 Å². The second-order valence-electron chi connectivity index (χ2n) is 4.54. The molecule has 0 saturated heterocycles. The number of nitrogens with zero attached hydrogens (tertiary/aromatic N) is 1. The fraction of sp³-hybridized carbons (Fsp3) is 0.583. The molecule has 2 fully saturated rings. The molecule has 0 aliphatic heterocycles. The largest absolute Gasteiger partial charge is 0.257 e. The van der Waals surface area contributed by atoms with Crippen LogP contribution in [0.4, 0.5) is 0 Å². The van der Waals surface area contributed by atoms with Crippen LogP contribution in [0.15, 0.2) is 16.6 Å². The van der Waals surface area contributed by atoms with Gasteiger partial charge in [0, 0.05) is 27.7 Å². The molecule has 1 aromatic heterocycles. The lowest BCUT2D eigenvalue weighted by molar-refractivity contribution is 0.410. The Morgan fingerprint density at radius 3 is 2.00 bits per heavy atom. The minimum Gasteiger partial charge on any atom is -0.257 e. The Morgan fingerprint density at radius 2 is 1.57 bits per heavy atom. The van der Waals surface area contributed by atoms with Gasteiger partial charge >= 0.3 is 0 Å². The van der Waals surface area contributed by atoms with Gasteiger partial charge in [-0.2, -0.15) is 0 Å². The number of hydrogen-bond donors (Lipinski definition) is 0. The van der Waals surface area contributed by atoms with Crippen LogP contribution in [0.5, 0.6) is 0 Å². The maximum atomic E-state index is 4.79. The lowest BCUT2D eigenvalue weighted by atomic mass is 9.82. The molecule has 0 N–H and O–H groups in total. The zero-order valence-corrected chi connectivity index (χ0v) is 9.76. The van der Waals surface area contributed by atoms with Crippen molar-refractivity contribution in [2.45, 2.75) is 43.9 Å². The summed E-state index contributed by atoms with van der Waals surface area (Å²) in [6.45, 7) is 0. The maximum absolute atomic E-state index is 4.79. The van der Waals surface area contributed by atoms with Crippen molar-refractivity contribution in [1.29, 1.82) is 0 Å². The molecule has 74 valence electrons. The molecule has 1 nitrogen and oxygen atoms in total. The average Bonchev–Trinajstić information content (AvgIpc) is 2.80. The van der Waals surface area contributed by atoms with Gasteiger partial charge in [-0.05, 0) is 37.8 Å². The molecule has 0 aromatic carbocycles. The summed E-state index contributed by atoms with van der Waals surface area (Å²) in [4.78, 5) is 4.79. The number of pyridine rings is 1. The van der Waals surface area contributed by atoms with Crippen LogP contribution in [-0.4, -0.2) is 4.98 Å². The van der Waals surface area contributed by atoms with E-state index in [1.807, 2.05) is 0 Å². The Hall–Kier alpha value is -0.370. The summed E-state index contributed by atoms with van der Waals surface area (Å²) < 4.78 is 1.22. The molecular formula is C12H14BrN. The summed E-state index contributed by atoms with van der Waals surface area (Å²) in [5.74, 6) is 1.52. The first-order chi connectivity index (χ1) is 6.83. The van der Waals surface area contributed by atoms with Crippen LogP contribution in [0.2, 0.25) is 0 Å². The minimum atomic E-state index is 0.755. The highest BCUT2D eigenvalue weighted by molar-refractivity contribution is 9.10. The summed E-state index contributed by atoms with van der Waals surface area (Å²) in [5, 5.41) is 0. The smallest absolute Gasteiger partial charge is 0.0449 e. The third-order valence-electron chi connectivity index (χ3n) is 3.35. The molecule has 0 amide bonds. The van der Waals surface area contributed by atoms with Gasteiger partial charge in [-0.15, -0.1) is 0 Å². The van der Waals surface area contributed by atoms with Gasteiger partial charge in [0.2, 0.25) is 0 Å². The zero-order valence-electron chi connectivity index (χ0n) is 8.17. The second kappa shape index (κ2) is 3.34. The molecule has 3 rings (SSSR count). The van der Waals surface area contributed by atoms with E-state index in [1.54, 1.807) is 0 Å². The van der Waals surface area contributed by atoms with E-state index in [0.717, 1.165) is 11.8 Å². The summed E-state index contributed by atoms with van der Waals surface area (Å²) in [5.41, 5.74) is 2.65. The van der Waals surface area contributed by atoms with E-state index in [1.165, 1.54) is 48.0 Å². The monoisotopic (exact) mass is 251 g/mol. The maximum Gasteiger partial charge on any atom is 0.0449 e. The predicted octanol–water partition coefficient (Wildman–Crippen LogP) is 3.99. The van der Waals surface area contributed by atoms with Crippen LogP contribution in [-0.2, 0) is 0 Å². The Kier molecular flexibility index (Phi) is 2.12. The Bertz CT molecular complexity index is 353. The predicted molar refractivity (Wildman–Crippen MR) is 60.5 cm³/mol. The van der Waals surface area contributed by atoms with Gasteiger partial charge in [0.15, 0.2) is 0 Å². The Labute approximate surface area is 93.1 Å². The molecule has 0 unspecified atom stereocenters. The molecule has 2 aliphatic rings. The van der Waals surface area contributed by atoms with Crippen LogP contribution in [0.3, 0.4) is 0 Å². The molecule has 2 heteroatoms. The van der Waals surface area contributed by atoms with Crippen LogP contribution < -0.4 is 0 Å². The summed E-state index contributed by atoms with van der Waals surface area (Å²) in [6, 6.07) is 4.40. The standard InChI is InChI=1S/C12H14BrN/c13-10-6-11(8-2-1-3-8)14-12(7-10)9-4-5-9/h6-9H,1-5H2. The summed E-state index contributed by atoms with van der Waals surface area (Å²) in [7, 11) is 0. The zero-order chi connectivity index (χ0) is 9.54. The van der Waals surface area contributed by atoms with Crippen LogP contribution in [0, 0.1) is 0 Å². The molecule has 1 aromatic rings. The molecule has 0 bridgehead atoms. The van der Waals surface area contributed by atoms with Crippen molar-refractivity contribution >= 4 is 15.9 Å². The molecule has 0 spiro atoms. The van der Waals surface area contributed by atoms with Crippen molar-refractivity contribution < 1.29 is 0 Å². The molecule has 2 aliphatic carbocycles. The van der Waals surface area contributed by atoms with Crippen molar-refractivity contribution in [3.05, 3.63) is 28.0 Å². The Balaban J connectivity index is 1.93. The van der Waals surface area contributed by atoms with E-state index in [2.05, 4.69) is 28.1 Å². The van der Waals surface area contributed by atoms with Crippen LogP contribution >= 0.6 is 15.9 Å². The molecule has 2 saturated carbocycles. The highest BCUT2D eigenvalue weighted by Crippen LogP contribution is 2.42. The first-order valence-corrected chi connectivity index (χ1v) is 6.29. The summed E-state index contributed by atoms with van der Waals surface area (Å²) in [6.07, 6.45) is 6.75. The summed E-state index contributed by atoms with van der Waals surface area (Å²) >= 11 is 3.59. The van der Waals surface area contributed by atoms with Gasteiger partial charge in [-0.25, -0.2) is 0 Å². The van der Waals surface area contributed by atoms with E-state index in [-0.39, 0.29) is 0 Å². The van der Waals surface area contributed by atoms with E-state index in [4.69, 9.17) is 4.98 Å². The van der Waals surface area contributed by atoms with Crippen molar-refractivity contribution in [2.75, 3.05) is 0 Å². The fourth-order valence-corrected chi connectivity index (χ4v) is 2.51. The number of rotatable bonds is 2. The fourth-order valence-electron chi connectivity index (χ4n) is 2.04. The minimum absolute atomic E-state index is 0.755. The first kappa shape index (κ1) is 8.90. The molecule has 1 heterocycles. The quantitative estimate of drug-likeness (QED) is 0.775. The number of halogens is 1. The number of aromatic nitrogens is 1. The van der Waals surface area contributed by atoms with Crippen LogP contribution in [0.25, 0.3) is 0 Å². The third kappa shape index (κ3) is 1.60. The normalized spacial score (nSPS) is 22.1. The van der Waals surface area contributed by atoms with Gasteiger partial charge < -0.3 is 0 Å². The van der Waals surface area contributed by atoms with Crippen molar-refractivity contribution in [1.82, 2.24) is 4.98 Å². The lowest BCUT2D eigenvalue weighted by Gasteiger charge is -2.25. The van der Waals surface area contributed by atoms with Gasteiger partial charge in [-0.1, -0.05) is 22.4 Å². The van der Waals surface area contributed by atoms with E-state index in [0.29, 0.717) is 0 Å². The van der Waals surface area contributed by atoms with Gasteiger partial charge in [0.05, 0.1) is 0 Å². The molecule has 0 atom stereocenters. The van der Waals surface area contributed by atoms with Crippen molar-refractivity contribution in [2.24, 2.45) is 0 Å². The highest BCUT2D eigenvalue weighted by Gasteiger charge is 2.27. The van der Waals surface area contributed by atoms with Crippen molar-refractivity contribution in [3.63, 3.8) is 0 Å². The molecule has 14 heavy (non-hydrogen) atoms. The van der Waals surface area contributed by atoms with Gasteiger partial charge in [0.25, 0.3) is 0 Å². The van der Waals surface area contributed by atoms with E-state index in [9.17, 15) is 0 Å². The second-order valence-corrected chi connectivity index (χ2v) is 5.45. The highest BCUT2D eigenvalue weighted by atomic mass is 79.9. The van der Waals surface area contributed by atoms with Gasteiger partial charge in [0.1, 0.15) is 0 Å².